The first-order chi connectivity index (χ1) is 6.98. The van der Waals surface area contributed by atoms with Crippen LogP contribution in [0.4, 0.5) is 5.82 Å². The van der Waals surface area contributed by atoms with E-state index in [-0.39, 0.29) is 0 Å². The monoisotopic (exact) mass is 270 g/mol. The number of aliphatic hydroxyl groups is 1. The Labute approximate surface area is 98.3 Å². The summed E-state index contributed by atoms with van der Waals surface area (Å²) in [5.41, 5.74) is 0.558. The van der Waals surface area contributed by atoms with Crippen LogP contribution in [0.1, 0.15) is 18.9 Å². The smallest absolute Gasteiger partial charge is 0.142 e. The molecule has 2 rings (SSSR count). The second-order valence-electron chi connectivity index (χ2n) is 4.49. The molecule has 1 aliphatic rings. The Kier molecular flexibility index (Phi) is 2.73. The standard InChI is InChI=1S/C11H15BrN2O/c1-8-5-9(12)10(13-6-8)14-4-3-11(2,15)7-14/h5-6,15H,3-4,7H2,1-2H3. The Morgan fingerprint density at radius 1 is 1.60 bits per heavy atom. The molecule has 1 N–H and O–H groups in total. The summed E-state index contributed by atoms with van der Waals surface area (Å²) in [5, 5.41) is 9.89. The van der Waals surface area contributed by atoms with Gasteiger partial charge in [0.15, 0.2) is 0 Å². The first kappa shape index (κ1) is 10.9. The maximum absolute atomic E-state index is 9.89. The Hall–Kier alpha value is -0.610. The van der Waals surface area contributed by atoms with Gasteiger partial charge in [-0.05, 0) is 47.8 Å². The Morgan fingerprint density at radius 2 is 2.33 bits per heavy atom. The lowest BCUT2D eigenvalue weighted by atomic mass is 10.1. The third-order valence-corrected chi connectivity index (χ3v) is 3.29. The van der Waals surface area contributed by atoms with E-state index >= 15 is 0 Å². The Morgan fingerprint density at radius 3 is 2.87 bits per heavy atom. The molecule has 1 saturated heterocycles. The summed E-state index contributed by atoms with van der Waals surface area (Å²) in [6.45, 7) is 5.40. The van der Waals surface area contributed by atoms with Crippen LogP contribution in [0.2, 0.25) is 0 Å². The molecule has 0 saturated carbocycles. The maximum atomic E-state index is 9.89. The molecule has 0 bridgehead atoms. The first-order valence-electron chi connectivity index (χ1n) is 5.07. The Balaban J connectivity index is 2.24. The molecule has 1 fully saturated rings. The van der Waals surface area contributed by atoms with Gasteiger partial charge < -0.3 is 10.0 Å². The molecule has 15 heavy (non-hydrogen) atoms. The van der Waals surface area contributed by atoms with Crippen molar-refractivity contribution in [1.82, 2.24) is 4.98 Å². The Bertz CT molecular complexity index is 379. The molecule has 3 nitrogen and oxygen atoms in total. The molecule has 2 heterocycles. The van der Waals surface area contributed by atoms with E-state index in [1.54, 1.807) is 0 Å². The molecule has 1 atom stereocenters. The van der Waals surface area contributed by atoms with Crippen molar-refractivity contribution in [2.75, 3.05) is 18.0 Å². The second kappa shape index (κ2) is 3.76. The van der Waals surface area contributed by atoms with Crippen LogP contribution in [0, 0.1) is 6.92 Å². The molecular formula is C11H15BrN2O. The van der Waals surface area contributed by atoms with Crippen LogP contribution in [0.5, 0.6) is 0 Å². The van der Waals surface area contributed by atoms with Crippen molar-refractivity contribution in [3.8, 4) is 0 Å². The number of halogens is 1. The van der Waals surface area contributed by atoms with E-state index in [9.17, 15) is 5.11 Å². The summed E-state index contributed by atoms with van der Waals surface area (Å²) in [5.74, 6) is 0.929. The minimum absolute atomic E-state index is 0.577. The van der Waals surface area contributed by atoms with Crippen LogP contribution >= 0.6 is 15.9 Å². The second-order valence-corrected chi connectivity index (χ2v) is 5.34. The number of anilines is 1. The summed E-state index contributed by atoms with van der Waals surface area (Å²) < 4.78 is 1.00. The summed E-state index contributed by atoms with van der Waals surface area (Å²) in [7, 11) is 0. The molecule has 0 aromatic carbocycles. The predicted octanol–water partition coefficient (Wildman–Crippen LogP) is 2.11. The third-order valence-electron chi connectivity index (χ3n) is 2.71. The number of nitrogens with zero attached hydrogens (tertiary/aromatic N) is 2. The summed E-state index contributed by atoms with van der Waals surface area (Å²) >= 11 is 3.51. The summed E-state index contributed by atoms with van der Waals surface area (Å²) in [6, 6.07) is 2.05. The van der Waals surface area contributed by atoms with Gasteiger partial charge in [-0.1, -0.05) is 0 Å². The highest BCUT2D eigenvalue weighted by molar-refractivity contribution is 9.10. The largest absolute Gasteiger partial charge is 0.388 e. The number of hydrogen-bond acceptors (Lipinski definition) is 3. The number of β-amino-alcohol motifs (C(OH)–C–C–N with tert-alkyl or cyclic N) is 1. The molecule has 0 amide bonds. The van der Waals surface area contributed by atoms with Crippen LogP contribution in [0.3, 0.4) is 0 Å². The topological polar surface area (TPSA) is 36.4 Å². The lowest BCUT2D eigenvalue weighted by Gasteiger charge is -2.20. The van der Waals surface area contributed by atoms with E-state index in [2.05, 4.69) is 31.9 Å². The number of rotatable bonds is 1. The summed E-state index contributed by atoms with van der Waals surface area (Å²) in [6.07, 6.45) is 2.65. The van der Waals surface area contributed by atoms with Gasteiger partial charge >= 0.3 is 0 Å². The van der Waals surface area contributed by atoms with Crippen LogP contribution in [-0.4, -0.2) is 28.8 Å². The lowest BCUT2D eigenvalue weighted by Crippen LogP contribution is -2.30. The molecule has 82 valence electrons. The maximum Gasteiger partial charge on any atom is 0.142 e. The van der Waals surface area contributed by atoms with Crippen LogP contribution in [-0.2, 0) is 0 Å². The van der Waals surface area contributed by atoms with Crippen molar-refractivity contribution in [3.63, 3.8) is 0 Å². The van der Waals surface area contributed by atoms with Crippen molar-refractivity contribution < 1.29 is 5.11 Å². The van der Waals surface area contributed by atoms with Crippen LogP contribution in [0.25, 0.3) is 0 Å². The van der Waals surface area contributed by atoms with Gasteiger partial charge in [0, 0.05) is 19.3 Å². The van der Waals surface area contributed by atoms with Crippen molar-refractivity contribution >= 4 is 21.7 Å². The third kappa shape index (κ3) is 2.32. The zero-order valence-corrected chi connectivity index (χ0v) is 10.6. The molecule has 1 aromatic rings. The molecule has 0 spiro atoms. The zero-order chi connectivity index (χ0) is 11.1. The molecule has 1 aromatic heterocycles. The fourth-order valence-corrected chi connectivity index (χ4v) is 2.60. The highest BCUT2D eigenvalue weighted by Gasteiger charge is 2.32. The van der Waals surface area contributed by atoms with Crippen molar-refractivity contribution in [3.05, 3.63) is 22.3 Å². The molecule has 4 heteroatoms. The van der Waals surface area contributed by atoms with Gasteiger partial charge in [-0.15, -0.1) is 0 Å². The SMILES string of the molecule is Cc1cnc(N2CCC(C)(O)C2)c(Br)c1. The number of hydrogen-bond donors (Lipinski definition) is 1. The van der Waals surface area contributed by atoms with Gasteiger partial charge in [-0.3, -0.25) is 0 Å². The molecule has 0 aliphatic carbocycles. The van der Waals surface area contributed by atoms with Gasteiger partial charge in [0.25, 0.3) is 0 Å². The van der Waals surface area contributed by atoms with E-state index in [0.29, 0.717) is 6.54 Å². The van der Waals surface area contributed by atoms with E-state index in [1.807, 2.05) is 20.0 Å². The molecule has 0 radical (unpaired) electrons. The quantitative estimate of drug-likeness (QED) is 0.850. The fraction of sp³-hybridized carbons (Fsp3) is 0.545. The first-order valence-corrected chi connectivity index (χ1v) is 5.87. The van der Waals surface area contributed by atoms with Crippen molar-refractivity contribution in [1.29, 1.82) is 0 Å². The van der Waals surface area contributed by atoms with Crippen LogP contribution in [0.15, 0.2) is 16.7 Å². The number of pyridine rings is 1. The fourth-order valence-electron chi connectivity index (χ4n) is 1.88. The normalized spacial score (nSPS) is 26.0. The van der Waals surface area contributed by atoms with Gasteiger partial charge in [0.2, 0.25) is 0 Å². The number of aryl methyl sites for hydroxylation is 1. The van der Waals surface area contributed by atoms with Crippen molar-refractivity contribution in [2.45, 2.75) is 25.9 Å². The van der Waals surface area contributed by atoms with Gasteiger partial charge in [-0.2, -0.15) is 0 Å². The predicted molar refractivity (Wildman–Crippen MR) is 64.1 cm³/mol. The van der Waals surface area contributed by atoms with E-state index in [1.165, 1.54) is 0 Å². The molecular weight excluding hydrogens is 256 g/mol. The van der Waals surface area contributed by atoms with E-state index < -0.39 is 5.60 Å². The number of aromatic nitrogens is 1. The van der Waals surface area contributed by atoms with Crippen LogP contribution < -0.4 is 4.90 Å². The molecule has 1 unspecified atom stereocenters. The summed E-state index contributed by atoms with van der Waals surface area (Å²) in [4.78, 5) is 6.51. The van der Waals surface area contributed by atoms with Gasteiger partial charge in [0.1, 0.15) is 5.82 Å². The van der Waals surface area contributed by atoms with Gasteiger partial charge in [0.05, 0.1) is 10.1 Å². The lowest BCUT2D eigenvalue weighted by molar-refractivity contribution is 0.0839. The highest BCUT2D eigenvalue weighted by Crippen LogP contribution is 2.30. The van der Waals surface area contributed by atoms with E-state index in [0.717, 1.165) is 28.8 Å². The van der Waals surface area contributed by atoms with E-state index in [4.69, 9.17) is 0 Å². The average molecular weight is 271 g/mol. The minimum atomic E-state index is -0.577. The van der Waals surface area contributed by atoms with Crippen molar-refractivity contribution in [2.24, 2.45) is 0 Å². The zero-order valence-electron chi connectivity index (χ0n) is 9.00. The minimum Gasteiger partial charge on any atom is -0.388 e. The van der Waals surface area contributed by atoms with Gasteiger partial charge in [-0.25, -0.2) is 4.98 Å². The highest BCUT2D eigenvalue weighted by atomic mass is 79.9. The molecule has 1 aliphatic heterocycles. The average Bonchev–Trinajstić information content (AvgIpc) is 2.46.